The molecule has 0 bridgehead atoms. The van der Waals surface area contributed by atoms with Crippen LogP contribution in [0.25, 0.3) is 0 Å². The maximum atomic E-state index is 10.9. The standard InChI is InChI=1S/C26H27ClN2O2/c1-4-31-24-7-5-6-21(25(24)30)23-15-22(18-9-11-19(27)12-10-18)28-26(29-23)20-13-8-16(2)14-17(20)3/h5-14,23,26,29-30H,4,15H2,1-3H3/t23-,26-/m1/s1. The second-order valence-corrected chi connectivity index (χ2v) is 8.33. The molecule has 1 aliphatic heterocycles. The van der Waals surface area contributed by atoms with Gasteiger partial charge in [-0.1, -0.05) is 59.6 Å². The molecule has 1 heterocycles. The number of aromatic hydroxyl groups is 1. The second-order valence-electron chi connectivity index (χ2n) is 7.90. The number of phenols is 1. The molecule has 0 saturated heterocycles. The number of phenolic OH excluding ortho intramolecular Hbond substituents is 1. The van der Waals surface area contributed by atoms with E-state index in [0.29, 0.717) is 23.8 Å². The fraction of sp³-hybridized carbons (Fsp3) is 0.269. The lowest BCUT2D eigenvalue weighted by atomic mass is 9.92. The molecule has 0 spiro atoms. The highest BCUT2D eigenvalue weighted by Crippen LogP contribution is 2.39. The second kappa shape index (κ2) is 9.13. The molecule has 0 amide bonds. The largest absolute Gasteiger partial charge is 0.504 e. The van der Waals surface area contributed by atoms with E-state index in [-0.39, 0.29) is 18.0 Å². The Morgan fingerprint density at radius 1 is 1.06 bits per heavy atom. The summed E-state index contributed by atoms with van der Waals surface area (Å²) in [7, 11) is 0. The van der Waals surface area contributed by atoms with Crippen molar-refractivity contribution in [1.82, 2.24) is 5.32 Å². The van der Waals surface area contributed by atoms with Gasteiger partial charge in [0.1, 0.15) is 6.17 Å². The summed E-state index contributed by atoms with van der Waals surface area (Å²) in [6.45, 7) is 6.61. The molecule has 5 heteroatoms. The zero-order valence-corrected chi connectivity index (χ0v) is 18.8. The van der Waals surface area contributed by atoms with E-state index in [1.807, 2.05) is 43.3 Å². The third-order valence-electron chi connectivity index (χ3n) is 5.64. The molecule has 0 aromatic heterocycles. The van der Waals surface area contributed by atoms with Gasteiger partial charge in [-0.3, -0.25) is 10.3 Å². The number of para-hydroxylation sites is 1. The molecule has 0 radical (unpaired) electrons. The first-order chi connectivity index (χ1) is 15.0. The van der Waals surface area contributed by atoms with Gasteiger partial charge in [0, 0.05) is 28.8 Å². The fourth-order valence-corrected chi connectivity index (χ4v) is 4.23. The van der Waals surface area contributed by atoms with E-state index in [9.17, 15) is 5.11 Å². The number of hydrogen-bond donors (Lipinski definition) is 2. The van der Waals surface area contributed by atoms with E-state index in [0.717, 1.165) is 22.4 Å². The Bertz CT molecular complexity index is 1110. The monoisotopic (exact) mass is 434 g/mol. The Hall–Kier alpha value is -2.82. The topological polar surface area (TPSA) is 53.8 Å². The van der Waals surface area contributed by atoms with Gasteiger partial charge in [0.15, 0.2) is 11.5 Å². The van der Waals surface area contributed by atoms with Crippen molar-refractivity contribution in [2.45, 2.75) is 39.4 Å². The van der Waals surface area contributed by atoms with E-state index in [2.05, 4.69) is 37.4 Å². The Morgan fingerprint density at radius 3 is 2.55 bits per heavy atom. The Labute approximate surface area is 188 Å². The van der Waals surface area contributed by atoms with Crippen molar-refractivity contribution in [3.8, 4) is 11.5 Å². The van der Waals surface area contributed by atoms with Crippen molar-refractivity contribution in [2.75, 3.05) is 6.61 Å². The fourth-order valence-electron chi connectivity index (χ4n) is 4.11. The quantitative estimate of drug-likeness (QED) is 0.496. The molecule has 0 aliphatic carbocycles. The third-order valence-corrected chi connectivity index (χ3v) is 5.90. The lowest BCUT2D eigenvalue weighted by molar-refractivity contribution is 0.313. The van der Waals surface area contributed by atoms with Gasteiger partial charge in [-0.05, 0) is 55.7 Å². The number of ether oxygens (including phenoxy) is 1. The number of nitrogens with zero attached hydrogens (tertiary/aromatic N) is 1. The van der Waals surface area contributed by atoms with Crippen molar-refractivity contribution < 1.29 is 9.84 Å². The van der Waals surface area contributed by atoms with Gasteiger partial charge in [-0.2, -0.15) is 0 Å². The first kappa shape index (κ1) is 21.4. The minimum atomic E-state index is -0.222. The molecule has 0 saturated carbocycles. The van der Waals surface area contributed by atoms with Crippen LogP contribution in [0.5, 0.6) is 11.5 Å². The number of nitrogens with one attached hydrogen (secondary N) is 1. The molecular weight excluding hydrogens is 408 g/mol. The summed E-state index contributed by atoms with van der Waals surface area (Å²) in [4.78, 5) is 5.06. The van der Waals surface area contributed by atoms with Gasteiger partial charge in [-0.25, -0.2) is 0 Å². The van der Waals surface area contributed by atoms with E-state index in [1.165, 1.54) is 11.1 Å². The molecule has 160 valence electrons. The van der Waals surface area contributed by atoms with Crippen LogP contribution < -0.4 is 10.1 Å². The van der Waals surface area contributed by atoms with Gasteiger partial charge >= 0.3 is 0 Å². The summed E-state index contributed by atoms with van der Waals surface area (Å²) < 4.78 is 5.61. The van der Waals surface area contributed by atoms with Crippen molar-refractivity contribution in [2.24, 2.45) is 4.99 Å². The molecule has 31 heavy (non-hydrogen) atoms. The summed E-state index contributed by atoms with van der Waals surface area (Å²) in [6.07, 6.45) is 0.423. The number of aliphatic imine (C=N–C) groups is 1. The van der Waals surface area contributed by atoms with E-state index < -0.39 is 0 Å². The summed E-state index contributed by atoms with van der Waals surface area (Å²) in [5.41, 5.74) is 6.35. The minimum Gasteiger partial charge on any atom is -0.504 e. The number of aryl methyl sites for hydroxylation is 2. The van der Waals surface area contributed by atoms with Crippen molar-refractivity contribution in [1.29, 1.82) is 0 Å². The average molecular weight is 435 g/mol. The smallest absolute Gasteiger partial charge is 0.162 e. The highest BCUT2D eigenvalue weighted by atomic mass is 35.5. The highest BCUT2D eigenvalue weighted by molar-refractivity contribution is 6.30. The molecule has 2 N–H and O–H groups in total. The van der Waals surface area contributed by atoms with E-state index in [4.69, 9.17) is 21.3 Å². The molecule has 0 fully saturated rings. The zero-order valence-electron chi connectivity index (χ0n) is 18.0. The molecule has 4 nitrogen and oxygen atoms in total. The van der Waals surface area contributed by atoms with Crippen LogP contribution in [0.2, 0.25) is 5.02 Å². The molecule has 1 aliphatic rings. The van der Waals surface area contributed by atoms with E-state index in [1.54, 1.807) is 6.07 Å². The van der Waals surface area contributed by atoms with Gasteiger partial charge in [-0.15, -0.1) is 0 Å². The SMILES string of the molecule is CCOc1cccc([C@H]2CC(c3ccc(Cl)cc3)=N[C@@H](c3ccc(C)cc3C)N2)c1O. The Morgan fingerprint density at radius 2 is 1.84 bits per heavy atom. The van der Waals surface area contributed by atoms with Gasteiger partial charge in [0.25, 0.3) is 0 Å². The molecule has 0 unspecified atom stereocenters. The summed E-state index contributed by atoms with van der Waals surface area (Å²) in [6, 6.07) is 19.7. The van der Waals surface area contributed by atoms with Crippen LogP contribution in [0.15, 0.2) is 65.7 Å². The van der Waals surface area contributed by atoms with Crippen molar-refractivity contribution in [3.05, 3.63) is 93.5 Å². The van der Waals surface area contributed by atoms with Crippen molar-refractivity contribution >= 4 is 17.3 Å². The predicted octanol–water partition coefficient (Wildman–Crippen LogP) is 6.28. The maximum Gasteiger partial charge on any atom is 0.162 e. The zero-order chi connectivity index (χ0) is 22.0. The molecule has 4 rings (SSSR count). The van der Waals surface area contributed by atoms with Crippen LogP contribution in [0.3, 0.4) is 0 Å². The molecule has 2 atom stereocenters. The number of hydrogen-bond acceptors (Lipinski definition) is 4. The average Bonchev–Trinajstić information content (AvgIpc) is 2.75. The van der Waals surface area contributed by atoms with Crippen LogP contribution in [-0.4, -0.2) is 17.4 Å². The molecular formula is C26H27ClN2O2. The Balaban J connectivity index is 1.77. The Kier molecular flexibility index (Phi) is 6.30. The normalized spacial score (nSPS) is 18.5. The van der Waals surface area contributed by atoms with Gasteiger partial charge in [0.2, 0.25) is 0 Å². The van der Waals surface area contributed by atoms with Gasteiger partial charge in [0.05, 0.1) is 6.61 Å². The third kappa shape index (κ3) is 4.60. The first-order valence-corrected chi connectivity index (χ1v) is 10.9. The maximum absolute atomic E-state index is 10.9. The number of benzene rings is 3. The highest BCUT2D eigenvalue weighted by Gasteiger charge is 2.29. The molecule has 3 aromatic rings. The number of halogens is 1. The lowest BCUT2D eigenvalue weighted by Gasteiger charge is -2.32. The van der Waals surface area contributed by atoms with Crippen LogP contribution in [-0.2, 0) is 0 Å². The van der Waals surface area contributed by atoms with Crippen LogP contribution in [0.4, 0.5) is 0 Å². The van der Waals surface area contributed by atoms with Gasteiger partial charge < -0.3 is 9.84 Å². The van der Waals surface area contributed by atoms with Crippen LogP contribution in [0.1, 0.15) is 53.4 Å². The minimum absolute atomic E-state index is 0.116. The van der Waals surface area contributed by atoms with Crippen molar-refractivity contribution in [3.63, 3.8) is 0 Å². The van der Waals surface area contributed by atoms with E-state index >= 15 is 0 Å². The van der Waals surface area contributed by atoms with Crippen LogP contribution >= 0.6 is 11.6 Å². The van der Waals surface area contributed by atoms with Crippen LogP contribution in [0, 0.1) is 13.8 Å². The number of rotatable bonds is 5. The predicted molar refractivity (Wildman–Crippen MR) is 126 cm³/mol. The summed E-state index contributed by atoms with van der Waals surface area (Å²) in [5.74, 6) is 0.680. The lowest BCUT2D eigenvalue weighted by Crippen LogP contribution is -2.33. The summed E-state index contributed by atoms with van der Waals surface area (Å²) >= 11 is 6.10. The molecule has 3 aromatic carbocycles. The first-order valence-electron chi connectivity index (χ1n) is 10.6. The summed E-state index contributed by atoms with van der Waals surface area (Å²) in [5, 5.41) is 15.2.